The molecule has 0 radical (unpaired) electrons. The predicted octanol–water partition coefficient (Wildman–Crippen LogP) is 0.267. The summed E-state index contributed by atoms with van der Waals surface area (Å²) in [4.78, 5) is 2.45. The Morgan fingerprint density at radius 1 is 1.54 bits per heavy atom. The maximum atomic E-state index is 5.64. The molecule has 2 saturated heterocycles. The fraction of sp³-hybridized carbons (Fsp3) is 0.778. The van der Waals surface area contributed by atoms with Crippen molar-refractivity contribution in [2.75, 3.05) is 32.8 Å². The van der Waals surface area contributed by atoms with Gasteiger partial charge in [-0.25, -0.2) is 0 Å². The molecule has 2 rings (SSSR count). The molecule has 76 valence electrons. The van der Waals surface area contributed by atoms with Crippen molar-refractivity contribution in [2.45, 2.75) is 12.1 Å². The first kappa shape index (κ1) is 11.0. The first-order valence-electron chi connectivity index (χ1n) is 4.59. The van der Waals surface area contributed by atoms with Gasteiger partial charge in [-0.3, -0.25) is 4.90 Å². The summed E-state index contributed by atoms with van der Waals surface area (Å²) in [6, 6.07) is 0.580. The molecule has 1 N–H and O–H groups in total. The molecule has 0 aromatic heterocycles. The zero-order valence-electron chi connectivity index (χ0n) is 7.74. The van der Waals surface area contributed by atoms with E-state index in [2.05, 4.69) is 16.8 Å². The summed E-state index contributed by atoms with van der Waals surface area (Å²) in [7, 11) is 0. The third-order valence-electron chi connectivity index (χ3n) is 2.67. The van der Waals surface area contributed by atoms with Crippen LogP contribution in [-0.4, -0.2) is 49.8 Å². The fourth-order valence-electron chi connectivity index (χ4n) is 2.05. The largest absolute Gasteiger partial charge is 0.374 e. The van der Waals surface area contributed by atoms with Crippen LogP contribution in [0.2, 0.25) is 0 Å². The summed E-state index contributed by atoms with van der Waals surface area (Å²) in [6.07, 6.45) is 2.39. The Bertz CT molecular complexity index is 177. The van der Waals surface area contributed by atoms with Gasteiger partial charge in [0.15, 0.2) is 0 Å². The van der Waals surface area contributed by atoms with Crippen molar-refractivity contribution in [2.24, 2.45) is 0 Å². The average Bonchev–Trinajstić information content (AvgIpc) is 2.53. The second kappa shape index (κ2) is 4.96. The summed E-state index contributed by atoms with van der Waals surface area (Å²) in [5, 5.41) is 3.35. The number of morpholine rings is 1. The molecule has 2 heterocycles. The molecule has 2 atom stereocenters. The van der Waals surface area contributed by atoms with E-state index in [1.165, 1.54) is 0 Å². The summed E-state index contributed by atoms with van der Waals surface area (Å²) < 4.78 is 5.64. The molecule has 0 aromatic rings. The molecule has 2 fully saturated rings. The second-order valence-electron chi connectivity index (χ2n) is 3.42. The van der Waals surface area contributed by atoms with E-state index in [0.717, 1.165) is 32.8 Å². The standard InChI is InChI=1S/C9H16N2O.ClH/c1-2-3-11-4-5-12-9-7-10-6-8(9)11;/h2,8-10H,1,3-7H2;1H/t8-,9-;/m1./s1. The van der Waals surface area contributed by atoms with Gasteiger partial charge in [0.05, 0.1) is 12.7 Å². The third-order valence-corrected chi connectivity index (χ3v) is 2.67. The van der Waals surface area contributed by atoms with Crippen molar-refractivity contribution in [3.63, 3.8) is 0 Å². The number of ether oxygens (including phenoxy) is 1. The molecule has 0 amide bonds. The van der Waals surface area contributed by atoms with Crippen LogP contribution in [0.25, 0.3) is 0 Å². The van der Waals surface area contributed by atoms with E-state index >= 15 is 0 Å². The minimum Gasteiger partial charge on any atom is -0.374 e. The summed E-state index contributed by atoms with van der Waals surface area (Å²) >= 11 is 0. The van der Waals surface area contributed by atoms with Crippen molar-refractivity contribution in [3.05, 3.63) is 12.7 Å². The molecule has 2 aliphatic heterocycles. The fourth-order valence-corrected chi connectivity index (χ4v) is 2.05. The molecule has 2 aliphatic rings. The smallest absolute Gasteiger partial charge is 0.0867 e. The number of hydrogen-bond acceptors (Lipinski definition) is 3. The van der Waals surface area contributed by atoms with Gasteiger partial charge >= 0.3 is 0 Å². The summed E-state index contributed by atoms with van der Waals surface area (Å²) in [5.41, 5.74) is 0. The number of nitrogens with one attached hydrogen (secondary N) is 1. The van der Waals surface area contributed by atoms with Crippen molar-refractivity contribution in [1.29, 1.82) is 0 Å². The van der Waals surface area contributed by atoms with Crippen LogP contribution in [0.15, 0.2) is 12.7 Å². The van der Waals surface area contributed by atoms with E-state index in [-0.39, 0.29) is 12.4 Å². The predicted molar refractivity (Wildman–Crippen MR) is 55.4 cm³/mol. The average molecular weight is 205 g/mol. The van der Waals surface area contributed by atoms with Crippen LogP contribution in [0.5, 0.6) is 0 Å². The molecule has 0 aromatic carbocycles. The summed E-state index contributed by atoms with van der Waals surface area (Å²) in [5.74, 6) is 0. The highest BCUT2D eigenvalue weighted by atomic mass is 35.5. The van der Waals surface area contributed by atoms with Gasteiger partial charge in [-0.05, 0) is 0 Å². The topological polar surface area (TPSA) is 24.5 Å². The molecule has 0 spiro atoms. The van der Waals surface area contributed by atoms with Crippen LogP contribution < -0.4 is 5.32 Å². The van der Waals surface area contributed by atoms with Gasteiger partial charge in [-0.2, -0.15) is 0 Å². The first-order chi connectivity index (χ1) is 5.92. The Hall–Kier alpha value is -0.0900. The highest BCUT2D eigenvalue weighted by Crippen LogP contribution is 2.16. The zero-order valence-corrected chi connectivity index (χ0v) is 8.55. The highest BCUT2D eigenvalue weighted by molar-refractivity contribution is 5.85. The van der Waals surface area contributed by atoms with Crippen LogP contribution >= 0.6 is 12.4 Å². The van der Waals surface area contributed by atoms with Gasteiger partial charge in [0.2, 0.25) is 0 Å². The normalized spacial score (nSPS) is 33.5. The van der Waals surface area contributed by atoms with E-state index in [9.17, 15) is 0 Å². The molecule has 13 heavy (non-hydrogen) atoms. The molecule has 0 unspecified atom stereocenters. The quantitative estimate of drug-likeness (QED) is 0.654. The maximum Gasteiger partial charge on any atom is 0.0867 e. The molecule has 3 nitrogen and oxygen atoms in total. The Morgan fingerprint density at radius 3 is 3.15 bits per heavy atom. The van der Waals surface area contributed by atoms with Crippen molar-refractivity contribution >= 4 is 12.4 Å². The molecule has 0 saturated carbocycles. The van der Waals surface area contributed by atoms with Gasteiger partial charge in [-0.1, -0.05) is 6.08 Å². The van der Waals surface area contributed by atoms with E-state index in [4.69, 9.17) is 4.74 Å². The van der Waals surface area contributed by atoms with E-state index in [1.807, 2.05) is 6.08 Å². The third kappa shape index (κ3) is 2.23. The molecule has 0 aliphatic carbocycles. The number of halogens is 1. The Balaban J connectivity index is 0.000000845. The minimum absolute atomic E-state index is 0. The number of rotatable bonds is 2. The van der Waals surface area contributed by atoms with Crippen LogP contribution in [0, 0.1) is 0 Å². The Morgan fingerprint density at radius 2 is 2.38 bits per heavy atom. The Kier molecular flexibility index (Phi) is 4.19. The van der Waals surface area contributed by atoms with Crippen LogP contribution in [0.1, 0.15) is 0 Å². The number of fused-ring (bicyclic) bond motifs is 1. The van der Waals surface area contributed by atoms with Gasteiger partial charge < -0.3 is 10.1 Å². The number of nitrogens with zero attached hydrogens (tertiary/aromatic N) is 1. The lowest BCUT2D eigenvalue weighted by Crippen LogP contribution is -2.50. The maximum absolute atomic E-state index is 5.64. The van der Waals surface area contributed by atoms with E-state index in [0.29, 0.717) is 12.1 Å². The van der Waals surface area contributed by atoms with Crippen LogP contribution in [0.3, 0.4) is 0 Å². The SMILES string of the molecule is C=CCN1CCO[C@@H]2CNC[C@H]21.Cl. The highest BCUT2D eigenvalue weighted by Gasteiger charge is 2.34. The molecular weight excluding hydrogens is 188 g/mol. The van der Waals surface area contributed by atoms with E-state index < -0.39 is 0 Å². The van der Waals surface area contributed by atoms with Gasteiger partial charge in [0, 0.05) is 32.2 Å². The van der Waals surface area contributed by atoms with Crippen molar-refractivity contribution < 1.29 is 4.74 Å². The lowest BCUT2D eigenvalue weighted by molar-refractivity contribution is -0.0421. The minimum atomic E-state index is 0. The lowest BCUT2D eigenvalue weighted by atomic mass is 10.1. The zero-order chi connectivity index (χ0) is 8.39. The van der Waals surface area contributed by atoms with Crippen LogP contribution in [0.4, 0.5) is 0 Å². The Labute approximate surface area is 85.5 Å². The first-order valence-corrected chi connectivity index (χ1v) is 4.59. The van der Waals surface area contributed by atoms with Gasteiger partial charge in [-0.15, -0.1) is 19.0 Å². The molecule has 0 bridgehead atoms. The van der Waals surface area contributed by atoms with E-state index in [1.54, 1.807) is 0 Å². The molecule has 4 heteroatoms. The lowest BCUT2D eigenvalue weighted by Gasteiger charge is -2.36. The second-order valence-corrected chi connectivity index (χ2v) is 3.42. The van der Waals surface area contributed by atoms with Crippen LogP contribution in [-0.2, 0) is 4.74 Å². The number of hydrogen-bond donors (Lipinski definition) is 1. The summed E-state index contributed by atoms with van der Waals surface area (Å²) in [6.45, 7) is 8.76. The molecular formula is C9H17ClN2O. The van der Waals surface area contributed by atoms with Gasteiger partial charge in [0.1, 0.15) is 0 Å². The monoisotopic (exact) mass is 204 g/mol. The van der Waals surface area contributed by atoms with Gasteiger partial charge in [0.25, 0.3) is 0 Å². The van der Waals surface area contributed by atoms with Crippen molar-refractivity contribution in [3.8, 4) is 0 Å². The van der Waals surface area contributed by atoms with Crippen molar-refractivity contribution in [1.82, 2.24) is 10.2 Å².